The van der Waals surface area contributed by atoms with Gasteiger partial charge in [0.25, 0.3) is 0 Å². The van der Waals surface area contributed by atoms with E-state index < -0.39 is 0 Å². The lowest BCUT2D eigenvalue weighted by Crippen LogP contribution is -2.48. The Morgan fingerprint density at radius 2 is 2.15 bits per heavy atom. The number of likely N-dealkylation sites (tertiary alicyclic amines) is 1. The third-order valence-electron chi connectivity index (χ3n) is 5.66. The zero-order valence-electron chi connectivity index (χ0n) is 16.1. The molecule has 26 heavy (non-hydrogen) atoms. The van der Waals surface area contributed by atoms with Crippen LogP contribution in [0.4, 0.5) is 0 Å². The fraction of sp³-hybridized carbons (Fsp3) is 0.889. The topological polar surface area (TPSA) is 66.4 Å². The van der Waals surface area contributed by atoms with Gasteiger partial charge in [0.1, 0.15) is 0 Å². The van der Waals surface area contributed by atoms with E-state index in [4.69, 9.17) is 14.5 Å². The quantitative estimate of drug-likeness (QED) is 0.282. The first-order chi connectivity index (χ1) is 12.1. The van der Waals surface area contributed by atoms with Crippen molar-refractivity contribution in [3.8, 4) is 0 Å². The molecule has 0 amide bonds. The largest absolute Gasteiger partial charge is 0.469 e. The van der Waals surface area contributed by atoms with Gasteiger partial charge in [-0.1, -0.05) is 6.92 Å². The van der Waals surface area contributed by atoms with Gasteiger partial charge in [0, 0.05) is 32.2 Å². The van der Waals surface area contributed by atoms with Crippen LogP contribution in [0.5, 0.6) is 0 Å². The molecule has 3 aliphatic heterocycles. The van der Waals surface area contributed by atoms with Crippen molar-refractivity contribution in [3.63, 3.8) is 0 Å². The number of fused-ring (bicyclic) bond motifs is 1. The Balaban J connectivity index is 0.00000243. The fourth-order valence-electron chi connectivity index (χ4n) is 4.21. The highest BCUT2D eigenvalue weighted by atomic mass is 127. The second-order valence-electron chi connectivity index (χ2n) is 7.45. The van der Waals surface area contributed by atoms with Gasteiger partial charge in [-0.15, -0.1) is 24.0 Å². The summed E-state index contributed by atoms with van der Waals surface area (Å²) in [5.74, 6) is 0.951. The SMILES string of the molecule is CCNC(=NCC1CN2CCCC2CO1)N1CC(C)C(C(=O)OC)C1.I. The van der Waals surface area contributed by atoms with Crippen LogP contribution < -0.4 is 5.32 Å². The van der Waals surface area contributed by atoms with E-state index in [-0.39, 0.29) is 47.9 Å². The minimum Gasteiger partial charge on any atom is -0.469 e. The molecular weight excluding hydrogens is 447 g/mol. The van der Waals surface area contributed by atoms with Crippen molar-refractivity contribution < 1.29 is 14.3 Å². The smallest absolute Gasteiger partial charge is 0.310 e. The highest BCUT2D eigenvalue weighted by Gasteiger charge is 2.37. The number of esters is 1. The third-order valence-corrected chi connectivity index (χ3v) is 5.66. The maximum Gasteiger partial charge on any atom is 0.310 e. The van der Waals surface area contributed by atoms with Gasteiger partial charge in [0.05, 0.1) is 32.3 Å². The molecule has 4 unspecified atom stereocenters. The van der Waals surface area contributed by atoms with E-state index in [2.05, 4.69) is 29.0 Å². The van der Waals surface area contributed by atoms with Crippen LogP contribution in [0.1, 0.15) is 26.7 Å². The van der Waals surface area contributed by atoms with Crippen molar-refractivity contribution in [3.05, 3.63) is 0 Å². The number of halogens is 1. The average molecular weight is 480 g/mol. The number of nitrogens with one attached hydrogen (secondary N) is 1. The zero-order chi connectivity index (χ0) is 17.8. The van der Waals surface area contributed by atoms with Crippen LogP contribution in [0.15, 0.2) is 4.99 Å². The zero-order valence-corrected chi connectivity index (χ0v) is 18.5. The molecule has 3 heterocycles. The molecule has 8 heteroatoms. The van der Waals surface area contributed by atoms with Crippen molar-refractivity contribution >= 4 is 35.9 Å². The van der Waals surface area contributed by atoms with E-state index in [1.54, 1.807) is 0 Å². The minimum absolute atomic E-state index is 0. The summed E-state index contributed by atoms with van der Waals surface area (Å²) in [5.41, 5.74) is 0. The maximum atomic E-state index is 11.9. The lowest BCUT2D eigenvalue weighted by atomic mass is 9.99. The molecule has 1 N–H and O–H groups in total. The van der Waals surface area contributed by atoms with Gasteiger partial charge in [-0.3, -0.25) is 14.7 Å². The molecule has 3 fully saturated rings. The lowest BCUT2D eigenvalue weighted by molar-refractivity contribution is -0.145. The summed E-state index contributed by atoms with van der Waals surface area (Å²) >= 11 is 0. The minimum atomic E-state index is -0.124. The Hall–Kier alpha value is -0.610. The summed E-state index contributed by atoms with van der Waals surface area (Å²) in [5, 5.41) is 3.36. The third kappa shape index (κ3) is 5.01. The fourth-order valence-corrected chi connectivity index (χ4v) is 4.21. The van der Waals surface area contributed by atoms with Gasteiger partial charge in [0.2, 0.25) is 0 Å². The summed E-state index contributed by atoms with van der Waals surface area (Å²) in [6.07, 6.45) is 2.71. The first kappa shape index (κ1) is 21.7. The molecule has 150 valence electrons. The standard InChI is InChI=1S/C18H32N4O3.HI/c1-4-19-18(22-9-13(2)16(11-22)17(23)24-3)20-8-15-10-21-7-5-6-14(21)12-25-15;/h13-16H,4-12H2,1-3H3,(H,19,20);1H. The van der Waals surface area contributed by atoms with E-state index in [1.165, 1.54) is 26.5 Å². The molecule has 0 spiro atoms. The summed E-state index contributed by atoms with van der Waals surface area (Å²) in [6, 6.07) is 0.619. The molecule has 0 radical (unpaired) electrons. The summed E-state index contributed by atoms with van der Waals surface area (Å²) < 4.78 is 10.9. The first-order valence-electron chi connectivity index (χ1n) is 9.59. The Bertz CT molecular complexity index is 505. The number of carbonyl (C=O) groups is 1. The Labute approximate surface area is 173 Å². The molecular formula is C18H33IN4O3. The van der Waals surface area contributed by atoms with E-state index in [1.807, 2.05) is 0 Å². The highest BCUT2D eigenvalue weighted by molar-refractivity contribution is 14.0. The lowest BCUT2D eigenvalue weighted by Gasteiger charge is -2.34. The highest BCUT2D eigenvalue weighted by Crippen LogP contribution is 2.25. The molecule has 3 saturated heterocycles. The van der Waals surface area contributed by atoms with Crippen LogP contribution in [-0.2, 0) is 14.3 Å². The number of morpholine rings is 1. The molecule has 0 aromatic carbocycles. The Kier molecular flexibility index (Phi) is 8.41. The van der Waals surface area contributed by atoms with Crippen molar-refractivity contribution in [1.29, 1.82) is 0 Å². The van der Waals surface area contributed by atoms with Crippen molar-refractivity contribution in [1.82, 2.24) is 15.1 Å². The van der Waals surface area contributed by atoms with Crippen molar-refractivity contribution in [2.75, 3.05) is 53.0 Å². The summed E-state index contributed by atoms with van der Waals surface area (Å²) in [7, 11) is 1.46. The molecule has 3 aliphatic rings. The van der Waals surface area contributed by atoms with E-state index >= 15 is 0 Å². The number of hydrogen-bond acceptors (Lipinski definition) is 5. The predicted molar refractivity (Wildman–Crippen MR) is 112 cm³/mol. The van der Waals surface area contributed by atoms with Crippen molar-refractivity contribution in [2.24, 2.45) is 16.8 Å². The molecule has 0 bridgehead atoms. The van der Waals surface area contributed by atoms with E-state index in [9.17, 15) is 4.79 Å². The van der Waals surface area contributed by atoms with Gasteiger partial charge in [0.15, 0.2) is 5.96 Å². The summed E-state index contributed by atoms with van der Waals surface area (Å²) in [4.78, 5) is 21.5. The number of methoxy groups -OCH3 is 1. The monoisotopic (exact) mass is 480 g/mol. The number of aliphatic imine (C=N–C) groups is 1. The van der Waals surface area contributed by atoms with Crippen LogP contribution in [0.2, 0.25) is 0 Å². The summed E-state index contributed by atoms with van der Waals surface area (Å²) in [6.45, 7) is 10.1. The normalized spacial score (nSPS) is 32.1. The van der Waals surface area contributed by atoms with Crippen LogP contribution in [0, 0.1) is 11.8 Å². The van der Waals surface area contributed by atoms with Crippen molar-refractivity contribution in [2.45, 2.75) is 38.8 Å². The molecule has 3 rings (SSSR count). The number of ether oxygens (including phenoxy) is 2. The number of hydrogen-bond donors (Lipinski definition) is 1. The molecule has 7 nitrogen and oxygen atoms in total. The van der Waals surface area contributed by atoms with E-state index in [0.717, 1.165) is 32.2 Å². The second-order valence-corrected chi connectivity index (χ2v) is 7.45. The number of carbonyl (C=O) groups excluding carboxylic acids is 1. The molecule has 0 saturated carbocycles. The van der Waals surface area contributed by atoms with Crippen LogP contribution >= 0.6 is 24.0 Å². The van der Waals surface area contributed by atoms with E-state index in [0.29, 0.717) is 19.1 Å². The maximum absolute atomic E-state index is 11.9. The van der Waals surface area contributed by atoms with Gasteiger partial charge in [-0.05, 0) is 32.2 Å². The molecule has 0 aromatic heterocycles. The predicted octanol–water partition coefficient (Wildman–Crippen LogP) is 1.17. The van der Waals surface area contributed by atoms with Crippen LogP contribution in [0.25, 0.3) is 0 Å². The number of rotatable bonds is 4. The van der Waals surface area contributed by atoms with Crippen LogP contribution in [0.3, 0.4) is 0 Å². The number of guanidine groups is 1. The Morgan fingerprint density at radius 1 is 1.35 bits per heavy atom. The molecule has 0 aromatic rings. The van der Waals surface area contributed by atoms with Gasteiger partial charge in [-0.2, -0.15) is 0 Å². The average Bonchev–Trinajstić information content (AvgIpc) is 3.23. The molecule has 0 aliphatic carbocycles. The second kappa shape index (κ2) is 10.1. The van der Waals surface area contributed by atoms with Gasteiger partial charge < -0.3 is 19.7 Å². The Morgan fingerprint density at radius 3 is 2.88 bits per heavy atom. The van der Waals surface area contributed by atoms with Gasteiger partial charge >= 0.3 is 5.97 Å². The van der Waals surface area contributed by atoms with Crippen LogP contribution in [-0.4, -0.2) is 86.9 Å². The first-order valence-corrected chi connectivity index (χ1v) is 9.59. The molecule has 4 atom stereocenters. The van der Waals surface area contributed by atoms with Gasteiger partial charge in [-0.25, -0.2) is 0 Å². The number of nitrogens with zero attached hydrogens (tertiary/aromatic N) is 3.